The van der Waals surface area contributed by atoms with Crippen molar-refractivity contribution in [1.82, 2.24) is 0 Å². The van der Waals surface area contributed by atoms with Gasteiger partial charge in [0.2, 0.25) is 0 Å². The zero-order valence-corrected chi connectivity index (χ0v) is 16.6. The summed E-state index contributed by atoms with van der Waals surface area (Å²) < 4.78 is 27.2. The fraction of sp³-hybridized carbons (Fsp3) is 0.667. The van der Waals surface area contributed by atoms with Crippen molar-refractivity contribution in [1.29, 1.82) is 0 Å². The fourth-order valence-corrected chi connectivity index (χ4v) is 4.87. The zero-order valence-electron chi connectivity index (χ0n) is 16.6. The maximum atomic E-state index is 13.6. The monoisotopic (exact) mass is 360 g/mol. The largest absolute Gasteiger partial charge is 0.207 e. The molecular formula is C24H34F2. The van der Waals surface area contributed by atoms with Crippen molar-refractivity contribution in [2.45, 2.75) is 90.9 Å². The third-order valence-corrected chi connectivity index (χ3v) is 6.83. The summed E-state index contributed by atoms with van der Waals surface area (Å²) in [6.45, 7) is 3.81. The molecule has 3 rings (SSSR count). The van der Waals surface area contributed by atoms with Crippen molar-refractivity contribution >= 4 is 0 Å². The van der Waals surface area contributed by atoms with E-state index in [0.29, 0.717) is 0 Å². The standard InChI is InChI=1S/C24H34F2/c1-17-7-11-21(12-8-17)22-13-9-19(10-14-22)5-3-4-6-20-15-23(25)18(2)24(26)16-20/h15-16,19,21H,3-14H2,1-2H3. The van der Waals surface area contributed by atoms with Crippen molar-refractivity contribution in [3.8, 4) is 0 Å². The summed E-state index contributed by atoms with van der Waals surface area (Å²) in [7, 11) is 0. The van der Waals surface area contributed by atoms with Crippen LogP contribution in [0.5, 0.6) is 0 Å². The minimum atomic E-state index is -0.411. The highest BCUT2D eigenvalue weighted by molar-refractivity contribution is 5.25. The predicted octanol–water partition coefficient (Wildman–Crippen LogP) is 7.54. The third-order valence-electron chi connectivity index (χ3n) is 6.83. The molecule has 0 saturated heterocycles. The lowest BCUT2D eigenvalue weighted by Gasteiger charge is -2.36. The summed E-state index contributed by atoms with van der Waals surface area (Å²) in [5.41, 5.74) is 0.934. The number of aryl methyl sites for hydroxylation is 1. The topological polar surface area (TPSA) is 0 Å². The van der Waals surface area contributed by atoms with E-state index in [9.17, 15) is 8.78 Å². The van der Waals surface area contributed by atoms with Gasteiger partial charge in [0, 0.05) is 5.56 Å². The van der Waals surface area contributed by atoms with Crippen LogP contribution in [-0.4, -0.2) is 0 Å². The molecule has 144 valence electrons. The van der Waals surface area contributed by atoms with Gasteiger partial charge in [-0.25, -0.2) is 8.78 Å². The van der Waals surface area contributed by atoms with Crippen LogP contribution in [0.2, 0.25) is 0 Å². The average Bonchev–Trinajstić information content (AvgIpc) is 2.64. The molecule has 26 heavy (non-hydrogen) atoms. The molecule has 0 amide bonds. The van der Waals surface area contributed by atoms with Gasteiger partial charge < -0.3 is 0 Å². The van der Waals surface area contributed by atoms with E-state index < -0.39 is 11.6 Å². The number of unbranched alkanes of at least 4 members (excludes halogenated alkanes) is 1. The van der Waals surface area contributed by atoms with Gasteiger partial charge in [0.05, 0.1) is 0 Å². The van der Waals surface area contributed by atoms with E-state index in [4.69, 9.17) is 0 Å². The molecule has 0 aliphatic heterocycles. The Kier molecular flexibility index (Phi) is 7.12. The van der Waals surface area contributed by atoms with E-state index in [0.717, 1.165) is 30.2 Å². The number of halogens is 2. The summed E-state index contributed by atoms with van der Waals surface area (Å²) in [5.74, 6) is 4.51. The molecule has 1 aromatic rings. The van der Waals surface area contributed by atoms with Crippen LogP contribution in [0.3, 0.4) is 0 Å². The summed E-state index contributed by atoms with van der Waals surface area (Å²) in [4.78, 5) is 0. The molecule has 0 bridgehead atoms. The Labute approximate surface area is 158 Å². The maximum Gasteiger partial charge on any atom is 0.129 e. The smallest absolute Gasteiger partial charge is 0.129 e. The minimum Gasteiger partial charge on any atom is -0.207 e. The quantitative estimate of drug-likeness (QED) is 0.460. The molecule has 2 aliphatic carbocycles. The first kappa shape index (κ1) is 19.8. The molecule has 0 unspecified atom stereocenters. The van der Waals surface area contributed by atoms with Crippen LogP contribution < -0.4 is 0 Å². The molecule has 0 spiro atoms. The molecule has 0 N–H and O–H groups in total. The Morgan fingerprint density at radius 3 is 2.08 bits per heavy atom. The van der Waals surface area contributed by atoms with Crippen molar-refractivity contribution in [2.24, 2.45) is 11.8 Å². The van der Waals surface area contributed by atoms with Gasteiger partial charge in [-0.15, -0.1) is 0 Å². The molecule has 0 heterocycles. The van der Waals surface area contributed by atoms with Crippen LogP contribution in [0.1, 0.15) is 88.7 Å². The Morgan fingerprint density at radius 2 is 1.46 bits per heavy atom. The van der Waals surface area contributed by atoms with E-state index in [1.54, 1.807) is 5.92 Å². The van der Waals surface area contributed by atoms with E-state index in [1.165, 1.54) is 83.3 Å². The SMILES string of the molecule is C[C]1CCC([C]2CCC(CCCCc3cc(F)c(C)c(F)c3)CC2)CC1. The predicted molar refractivity (Wildman–Crippen MR) is 105 cm³/mol. The fourth-order valence-electron chi connectivity index (χ4n) is 4.87. The van der Waals surface area contributed by atoms with E-state index in [1.807, 2.05) is 5.92 Å². The van der Waals surface area contributed by atoms with Crippen LogP contribution in [0.25, 0.3) is 0 Å². The van der Waals surface area contributed by atoms with Gasteiger partial charge >= 0.3 is 0 Å². The highest BCUT2D eigenvalue weighted by Crippen LogP contribution is 2.43. The molecule has 0 aromatic heterocycles. The minimum absolute atomic E-state index is 0.133. The first-order chi connectivity index (χ1) is 12.5. The Balaban J connectivity index is 1.33. The molecule has 0 atom stereocenters. The highest BCUT2D eigenvalue weighted by atomic mass is 19.1. The van der Waals surface area contributed by atoms with Gasteiger partial charge in [0.25, 0.3) is 0 Å². The third kappa shape index (κ3) is 5.30. The zero-order chi connectivity index (χ0) is 18.5. The van der Waals surface area contributed by atoms with Crippen molar-refractivity contribution in [3.05, 3.63) is 46.7 Å². The van der Waals surface area contributed by atoms with Crippen LogP contribution >= 0.6 is 0 Å². The highest BCUT2D eigenvalue weighted by Gasteiger charge is 2.30. The van der Waals surface area contributed by atoms with Gasteiger partial charge in [0.1, 0.15) is 11.6 Å². The van der Waals surface area contributed by atoms with Gasteiger partial charge in [-0.2, -0.15) is 0 Å². The van der Waals surface area contributed by atoms with Crippen molar-refractivity contribution in [2.75, 3.05) is 0 Å². The van der Waals surface area contributed by atoms with E-state index >= 15 is 0 Å². The lowest BCUT2D eigenvalue weighted by molar-refractivity contribution is 0.282. The molecule has 0 nitrogen and oxygen atoms in total. The van der Waals surface area contributed by atoms with Crippen LogP contribution in [0.15, 0.2) is 12.1 Å². The van der Waals surface area contributed by atoms with Crippen LogP contribution in [0, 0.1) is 42.2 Å². The number of benzene rings is 1. The summed E-state index contributed by atoms with van der Waals surface area (Å²) >= 11 is 0. The first-order valence-corrected chi connectivity index (χ1v) is 10.6. The Morgan fingerprint density at radius 1 is 0.846 bits per heavy atom. The lowest BCUT2D eigenvalue weighted by Crippen LogP contribution is -2.23. The number of hydrogen-bond donors (Lipinski definition) is 0. The first-order valence-electron chi connectivity index (χ1n) is 10.6. The average molecular weight is 361 g/mol. The molecule has 2 aliphatic rings. The number of hydrogen-bond acceptors (Lipinski definition) is 0. The van der Waals surface area contributed by atoms with Gasteiger partial charge in [-0.05, 0) is 112 Å². The van der Waals surface area contributed by atoms with Crippen LogP contribution in [-0.2, 0) is 6.42 Å². The normalized spacial score (nSPS) is 21.4. The second-order valence-corrected chi connectivity index (χ2v) is 8.76. The van der Waals surface area contributed by atoms with Gasteiger partial charge in [0.15, 0.2) is 0 Å². The van der Waals surface area contributed by atoms with Crippen molar-refractivity contribution in [3.63, 3.8) is 0 Å². The molecular weight excluding hydrogens is 326 g/mol. The lowest BCUT2D eigenvalue weighted by atomic mass is 9.69. The second kappa shape index (κ2) is 9.33. The maximum absolute atomic E-state index is 13.6. The molecule has 2 fully saturated rings. The number of rotatable bonds is 6. The Bertz CT molecular complexity index is 541. The molecule has 2 radical (unpaired) electrons. The molecule has 2 heteroatoms. The van der Waals surface area contributed by atoms with Gasteiger partial charge in [-0.1, -0.05) is 19.8 Å². The van der Waals surface area contributed by atoms with Crippen LogP contribution in [0.4, 0.5) is 8.78 Å². The van der Waals surface area contributed by atoms with E-state index in [-0.39, 0.29) is 5.56 Å². The summed E-state index contributed by atoms with van der Waals surface area (Å²) in [6.07, 6.45) is 15.2. The van der Waals surface area contributed by atoms with Crippen molar-refractivity contribution < 1.29 is 8.78 Å². The summed E-state index contributed by atoms with van der Waals surface area (Å²) in [5, 5.41) is 0. The molecule has 1 aromatic carbocycles. The summed E-state index contributed by atoms with van der Waals surface area (Å²) in [6, 6.07) is 3.01. The second-order valence-electron chi connectivity index (χ2n) is 8.76. The Hall–Kier alpha value is -0.920. The van der Waals surface area contributed by atoms with E-state index in [2.05, 4.69) is 6.92 Å². The molecule has 2 saturated carbocycles. The van der Waals surface area contributed by atoms with Gasteiger partial charge in [-0.3, -0.25) is 0 Å².